The number of nitrogens with one attached hydrogen (secondary N) is 1. The van der Waals surface area contributed by atoms with Gasteiger partial charge in [0.05, 0.1) is 37.7 Å². The van der Waals surface area contributed by atoms with Crippen molar-refractivity contribution in [2.45, 2.75) is 43.4 Å². The van der Waals surface area contributed by atoms with Gasteiger partial charge < -0.3 is 14.0 Å². The number of fused-ring (bicyclic) bond motifs is 1. The van der Waals surface area contributed by atoms with E-state index in [0.717, 1.165) is 0 Å². The summed E-state index contributed by atoms with van der Waals surface area (Å²) in [5.74, 6) is 0.0600. The summed E-state index contributed by atoms with van der Waals surface area (Å²) >= 11 is 0. The Labute approximate surface area is 124 Å². The Morgan fingerprint density at radius 1 is 1.29 bits per heavy atom. The minimum atomic E-state index is -3.74. The Bertz CT molecular complexity index is 619. The zero-order valence-electron chi connectivity index (χ0n) is 12.3. The molecule has 1 aromatic rings. The van der Waals surface area contributed by atoms with E-state index in [1.165, 1.54) is 6.07 Å². The van der Waals surface area contributed by atoms with Crippen LogP contribution in [0.2, 0.25) is 0 Å². The third-order valence-electron chi connectivity index (χ3n) is 3.90. The van der Waals surface area contributed by atoms with E-state index in [9.17, 15) is 8.42 Å². The van der Waals surface area contributed by atoms with E-state index >= 15 is 0 Å². The summed E-state index contributed by atoms with van der Waals surface area (Å²) in [5, 5.41) is 3.69. The van der Waals surface area contributed by atoms with Gasteiger partial charge in [-0.2, -0.15) is 0 Å². The lowest BCUT2D eigenvalue weighted by atomic mass is 9.93. The molecule has 0 saturated carbocycles. The Kier molecular flexibility index (Phi) is 3.59. The number of ether oxygens (including phenoxy) is 2. The molecule has 2 aliphatic heterocycles. The average Bonchev–Trinajstić information content (AvgIpc) is 3.03. The van der Waals surface area contributed by atoms with Gasteiger partial charge >= 0.3 is 0 Å². The van der Waals surface area contributed by atoms with E-state index in [1.807, 2.05) is 20.8 Å². The van der Waals surface area contributed by atoms with Crippen LogP contribution in [-0.4, -0.2) is 45.5 Å². The molecule has 2 saturated heterocycles. The predicted octanol–water partition coefficient (Wildman–Crippen LogP) is 0.664. The number of aromatic nitrogens is 1. The third kappa shape index (κ3) is 2.85. The largest absolute Gasteiger partial charge is 0.378 e. The highest BCUT2D eigenvalue weighted by atomic mass is 32.2. The highest BCUT2D eigenvalue weighted by Gasteiger charge is 2.43. The Morgan fingerprint density at radius 2 is 2.05 bits per heavy atom. The number of hydrogen-bond acceptors (Lipinski definition) is 6. The lowest BCUT2D eigenvalue weighted by Gasteiger charge is -2.15. The topological polar surface area (TPSA) is 90.7 Å². The second kappa shape index (κ2) is 5.05. The van der Waals surface area contributed by atoms with Gasteiger partial charge in [0.25, 0.3) is 15.1 Å². The van der Waals surface area contributed by atoms with Crippen LogP contribution in [0, 0.1) is 5.92 Å². The van der Waals surface area contributed by atoms with Crippen molar-refractivity contribution in [3.8, 4) is 0 Å². The SMILES string of the molecule is CC(C)(C)c1cc(S(=O)(=O)N[C@@H]2CO[C@H]3COC[C@H]32)on1. The van der Waals surface area contributed by atoms with E-state index in [-0.39, 0.29) is 28.6 Å². The van der Waals surface area contributed by atoms with Crippen molar-refractivity contribution in [2.75, 3.05) is 19.8 Å². The van der Waals surface area contributed by atoms with Crippen molar-refractivity contribution in [2.24, 2.45) is 5.92 Å². The highest BCUT2D eigenvalue weighted by Crippen LogP contribution is 2.29. The van der Waals surface area contributed by atoms with E-state index in [4.69, 9.17) is 14.0 Å². The number of sulfonamides is 1. The number of nitrogens with zero attached hydrogens (tertiary/aromatic N) is 1. The number of hydrogen-bond donors (Lipinski definition) is 1. The molecule has 0 spiro atoms. The van der Waals surface area contributed by atoms with Crippen molar-refractivity contribution in [3.05, 3.63) is 11.8 Å². The highest BCUT2D eigenvalue weighted by molar-refractivity contribution is 7.89. The summed E-state index contributed by atoms with van der Waals surface area (Å²) < 4.78 is 43.2. The minimum absolute atomic E-state index is 0.0161. The summed E-state index contributed by atoms with van der Waals surface area (Å²) in [6, 6.07) is 1.19. The second-order valence-electron chi connectivity index (χ2n) is 6.58. The van der Waals surface area contributed by atoms with Gasteiger partial charge in [-0.15, -0.1) is 0 Å². The predicted molar refractivity (Wildman–Crippen MR) is 73.4 cm³/mol. The summed E-state index contributed by atoms with van der Waals surface area (Å²) in [7, 11) is -3.74. The molecular weight excluding hydrogens is 296 g/mol. The summed E-state index contributed by atoms with van der Waals surface area (Å²) in [6.45, 7) is 7.24. The molecule has 21 heavy (non-hydrogen) atoms. The molecule has 0 aromatic carbocycles. The normalized spacial score (nSPS) is 29.8. The minimum Gasteiger partial charge on any atom is -0.378 e. The molecule has 7 nitrogen and oxygen atoms in total. The molecule has 118 valence electrons. The van der Waals surface area contributed by atoms with Crippen molar-refractivity contribution >= 4 is 10.0 Å². The van der Waals surface area contributed by atoms with Crippen LogP contribution >= 0.6 is 0 Å². The van der Waals surface area contributed by atoms with E-state index in [2.05, 4.69) is 9.88 Å². The van der Waals surface area contributed by atoms with Crippen LogP contribution in [0.5, 0.6) is 0 Å². The van der Waals surface area contributed by atoms with Crippen molar-refractivity contribution in [3.63, 3.8) is 0 Å². The van der Waals surface area contributed by atoms with Crippen LogP contribution < -0.4 is 4.72 Å². The van der Waals surface area contributed by atoms with Crippen molar-refractivity contribution in [1.29, 1.82) is 0 Å². The van der Waals surface area contributed by atoms with Crippen LogP contribution in [0.25, 0.3) is 0 Å². The molecule has 1 N–H and O–H groups in total. The Balaban J connectivity index is 1.76. The maximum absolute atomic E-state index is 12.4. The molecule has 2 aliphatic rings. The quantitative estimate of drug-likeness (QED) is 0.881. The maximum Gasteiger partial charge on any atom is 0.277 e. The van der Waals surface area contributed by atoms with Crippen LogP contribution in [-0.2, 0) is 24.9 Å². The molecule has 3 atom stereocenters. The van der Waals surface area contributed by atoms with Gasteiger partial charge in [0.2, 0.25) is 0 Å². The Hall–Kier alpha value is -0.960. The molecule has 2 fully saturated rings. The van der Waals surface area contributed by atoms with Crippen molar-refractivity contribution < 1.29 is 22.4 Å². The monoisotopic (exact) mass is 316 g/mol. The van der Waals surface area contributed by atoms with Crippen molar-refractivity contribution in [1.82, 2.24) is 9.88 Å². The molecule has 0 amide bonds. The van der Waals surface area contributed by atoms with Crippen LogP contribution in [0.15, 0.2) is 15.7 Å². The second-order valence-corrected chi connectivity index (χ2v) is 8.23. The van der Waals surface area contributed by atoms with Gasteiger partial charge in [-0.1, -0.05) is 25.9 Å². The molecule has 1 aromatic heterocycles. The van der Waals surface area contributed by atoms with E-state index in [1.54, 1.807) is 0 Å². The first-order chi connectivity index (χ1) is 9.77. The molecule has 0 aliphatic carbocycles. The molecule has 0 unspecified atom stereocenters. The standard InChI is InChI=1S/C13H20N2O5S/c1-13(2,3)11-4-12(20-14-11)21(16,17)15-9-6-19-10-7-18-5-8(9)10/h4,8-10,15H,5-7H2,1-3H3/t8-,9+,10-/m0/s1. The van der Waals surface area contributed by atoms with Crippen LogP contribution in [0.4, 0.5) is 0 Å². The third-order valence-corrected chi connectivity index (χ3v) is 5.24. The lowest BCUT2D eigenvalue weighted by Crippen LogP contribution is -2.41. The molecule has 0 bridgehead atoms. The first-order valence-corrected chi connectivity index (χ1v) is 8.44. The summed E-state index contributed by atoms with van der Waals surface area (Å²) in [4.78, 5) is 0. The first kappa shape index (κ1) is 15.0. The average molecular weight is 316 g/mol. The van der Waals surface area contributed by atoms with E-state index < -0.39 is 10.0 Å². The molecule has 3 rings (SSSR count). The maximum atomic E-state index is 12.4. The smallest absolute Gasteiger partial charge is 0.277 e. The van der Waals surface area contributed by atoms with Crippen LogP contribution in [0.3, 0.4) is 0 Å². The van der Waals surface area contributed by atoms with Gasteiger partial charge in [-0.25, -0.2) is 13.1 Å². The molecular formula is C13H20N2O5S. The molecule has 3 heterocycles. The van der Waals surface area contributed by atoms with Gasteiger partial charge in [-0.05, 0) is 0 Å². The van der Waals surface area contributed by atoms with Gasteiger partial charge in [0.1, 0.15) is 0 Å². The Morgan fingerprint density at radius 3 is 2.71 bits per heavy atom. The molecule has 0 radical (unpaired) electrons. The lowest BCUT2D eigenvalue weighted by molar-refractivity contribution is 0.0683. The number of rotatable bonds is 3. The first-order valence-electron chi connectivity index (χ1n) is 6.96. The zero-order chi connectivity index (χ0) is 15.3. The molecule has 8 heteroatoms. The fourth-order valence-electron chi connectivity index (χ4n) is 2.57. The zero-order valence-corrected chi connectivity index (χ0v) is 13.1. The van der Waals surface area contributed by atoms with Gasteiger partial charge in [-0.3, -0.25) is 0 Å². The van der Waals surface area contributed by atoms with Gasteiger partial charge in [0, 0.05) is 17.4 Å². The van der Waals surface area contributed by atoms with E-state index in [0.29, 0.717) is 25.5 Å². The van der Waals surface area contributed by atoms with Gasteiger partial charge in [0.15, 0.2) is 0 Å². The summed E-state index contributed by atoms with van der Waals surface area (Å²) in [6.07, 6.45) is -0.0161. The van der Waals surface area contributed by atoms with Crippen LogP contribution in [0.1, 0.15) is 26.5 Å². The summed E-state index contributed by atoms with van der Waals surface area (Å²) in [5.41, 5.74) is 0.339. The fraction of sp³-hybridized carbons (Fsp3) is 0.769. The fourth-order valence-corrected chi connectivity index (χ4v) is 3.73.